The van der Waals surface area contributed by atoms with E-state index in [1.807, 2.05) is 18.2 Å². The van der Waals surface area contributed by atoms with Crippen molar-refractivity contribution in [2.45, 2.75) is 13.0 Å². The molecule has 90 valence electrons. The van der Waals surface area contributed by atoms with Crippen molar-refractivity contribution in [2.24, 2.45) is 23.5 Å². The van der Waals surface area contributed by atoms with Crippen LogP contribution in [0, 0.1) is 17.8 Å². The maximum Gasteiger partial charge on any atom is 0.221 e. The first-order valence-corrected chi connectivity index (χ1v) is 6.29. The maximum atomic E-state index is 11.2. The fourth-order valence-corrected chi connectivity index (χ4v) is 3.48. The van der Waals surface area contributed by atoms with Gasteiger partial charge >= 0.3 is 0 Å². The van der Waals surface area contributed by atoms with Gasteiger partial charge in [0.1, 0.15) is 0 Å². The Morgan fingerprint density at radius 2 is 2.29 bits per heavy atom. The van der Waals surface area contributed by atoms with Crippen LogP contribution in [0.4, 0.5) is 5.69 Å². The highest BCUT2D eigenvalue weighted by Crippen LogP contribution is 2.55. The monoisotopic (exact) mass is 250 g/mol. The van der Waals surface area contributed by atoms with E-state index in [1.54, 1.807) is 0 Å². The summed E-state index contributed by atoms with van der Waals surface area (Å²) in [6.07, 6.45) is 0. The second-order valence-electron chi connectivity index (χ2n) is 5.04. The van der Waals surface area contributed by atoms with Gasteiger partial charge in [0.25, 0.3) is 0 Å². The number of nitrogens with zero attached hydrogens (tertiary/aromatic N) is 1. The van der Waals surface area contributed by atoms with E-state index in [1.165, 1.54) is 0 Å². The van der Waals surface area contributed by atoms with Crippen LogP contribution in [-0.4, -0.2) is 18.5 Å². The molecule has 2 N–H and O–H groups in total. The minimum atomic E-state index is -0.141. The summed E-state index contributed by atoms with van der Waals surface area (Å²) in [5, 5.41) is 0.752. The molecule has 1 aliphatic heterocycles. The zero-order valence-electron chi connectivity index (χ0n) is 9.64. The van der Waals surface area contributed by atoms with Crippen molar-refractivity contribution >= 4 is 23.2 Å². The Labute approximate surface area is 106 Å². The minimum absolute atomic E-state index is 0.0976. The Bertz CT molecular complexity index is 476. The molecule has 0 radical (unpaired) electrons. The predicted molar refractivity (Wildman–Crippen MR) is 67.9 cm³/mol. The van der Waals surface area contributed by atoms with Crippen molar-refractivity contribution in [3.63, 3.8) is 0 Å². The van der Waals surface area contributed by atoms with Gasteiger partial charge in [0.15, 0.2) is 0 Å². The van der Waals surface area contributed by atoms with Gasteiger partial charge in [0, 0.05) is 29.2 Å². The van der Waals surface area contributed by atoms with Gasteiger partial charge in [0.05, 0.1) is 0 Å². The Morgan fingerprint density at radius 3 is 2.82 bits per heavy atom. The minimum Gasteiger partial charge on any atom is -0.369 e. The molecule has 17 heavy (non-hydrogen) atoms. The van der Waals surface area contributed by atoms with Gasteiger partial charge in [-0.05, 0) is 37.0 Å². The summed E-state index contributed by atoms with van der Waals surface area (Å²) >= 11 is 6.00. The highest BCUT2D eigenvalue weighted by atomic mass is 35.5. The van der Waals surface area contributed by atoms with Gasteiger partial charge in [-0.3, -0.25) is 4.79 Å². The van der Waals surface area contributed by atoms with E-state index in [0.717, 1.165) is 17.3 Å². The second-order valence-corrected chi connectivity index (χ2v) is 5.48. The summed E-state index contributed by atoms with van der Waals surface area (Å²) in [5.41, 5.74) is 6.52. The fourth-order valence-electron chi connectivity index (χ4n) is 3.29. The molecule has 1 aromatic carbocycles. The number of carbonyl (C=O) groups excluding carboxylic acids is 1. The Morgan fingerprint density at radius 1 is 1.53 bits per heavy atom. The van der Waals surface area contributed by atoms with Crippen LogP contribution in [0.25, 0.3) is 0 Å². The number of halogens is 1. The van der Waals surface area contributed by atoms with Crippen LogP contribution in [0.3, 0.4) is 0 Å². The molecule has 1 aromatic rings. The summed E-state index contributed by atoms with van der Waals surface area (Å²) in [5.74, 6) is 0.839. The first kappa shape index (κ1) is 10.9. The normalized spacial score (nSPS) is 34.6. The number of benzene rings is 1. The molecule has 1 saturated heterocycles. The number of fused-ring (bicyclic) bond motifs is 1. The molecule has 2 fully saturated rings. The quantitative estimate of drug-likeness (QED) is 0.872. The van der Waals surface area contributed by atoms with E-state index in [9.17, 15) is 4.79 Å². The van der Waals surface area contributed by atoms with E-state index in [4.69, 9.17) is 17.3 Å². The average Bonchev–Trinajstić information content (AvgIpc) is 2.90. The number of anilines is 1. The van der Waals surface area contributed by atoms with Crippen LogP contribution in [-0.2, 0) is 4.79 Å². The van der Waals surface area contributed by atoms with Gasteiger partial charge in [-0.1, -0.05) is 17.7 Å². The van der Waals surface area contributed by atoms with Crippen molar-refractivity contribution in [2.75, 3.05) is 11.4 Å². The van der Waals surface area contributed by atoms with E-state index in [0.29, 0.717) is 17.9 Å². The second kappa shape index (κ2) is 3.64. The van der Waals surface area contributed by atoms with Crippen molar-refractivity contribution in [3.05, 3.63) is 29.3 Å². The molecular formula is C13H15ClN2O. The third kappa shape index (κ3) is 1.61. The van der Waals surface area contributed by atoms with Crippen molar-refractivity contribution < 1.29 is 4.79 Å². The van der Waals surface area contributed by atoms with E-state index < -0.39 is 0 Å². The van der Waals surface area contributed by atoms with Crippen LogP contribution < -0.4 is 10.6 Å². The standard InChI is InChI=1S/C13H15ClN2O/c1-7-11-10(12(11)13(15)17)6-16(7)9-4-2-3-8(14)5-9/h2-5,7,10-12H,6H2,1H3,(H2,15,17)/t7?,10-,11?,12+/m0/s1. The summed E-state index contributed by atoms with van der Waals surface area (Å²) in [4.78, 5) is 13.5. The molecule has 0 bridgehead atoms. The topological polar surface area (TPSA) is 46.3 Å². The number of nitrogens with two attached hydrogens (primary N) is 1. The number of amides is 1. The SMILES string of the molecule is CC1C2[C@H](CN1c1cccc(Cl)c1)[C@H]2C(N)=O. The lowest BCUT2D eigenvalue weighted by Gasteiger charge is -2.28. The number of rotatable bonds is 2. The van der Waals surface area contributed by atoms with Crippen LogP contribution in [0.5, 0.6) is 0 Å². The van der Waals surface area contributed by atoms with Crippen LogP contribution in [0.15, 0.2) is 24.3 Å². The molecular weight excluding hydrogens is 236 g/mol. The summed E-state index contributed by atoms with van der Waals surface area (Å²) in [6, 6.07) is 8.24. The number of hydrogen-bond donors (Lipinski definition) is 1. The molecule has 3 rings (SSSR count). The summed E-state index contributed by atoms with van der Waals surface area (Å²) < 4.78 is 0. The average molecular weight is 251 g/mol. The molecule has 4 heteroatoms. The molecule has 1 aliphatic carbocycles. The molecule has 1 saturated carbocycles. The Balaban J connectivity index is 1.80. The van der Waals surface area contributed by atoms with Gasteiger partial charge in [-0.15, -0.1) is 0 Å². The van der Waals surface area contributed by atoms with Crippen LogP contribution in [0.1, 0.15) is 6.92 Å². The predicted octanol–water partition coefficient (Wildman–Crippen LogP) is 1.90. The largest absolute Gasteiger partial charge is 0.369 e. The zero-order chi connectivity index (χ0) is 12.2. The molecule has 3 nitrogen and oxygen atoms in total. The van der Waals surface area contributed by atoms with Crippen molar-refractivity contribution in [3.8, 4) is 0 Å². The third-order valence-electron chi connectivity index (χ3n) is 4.15. The number of primary amides is 1. The fraction of sp³-hybridized carbons (Fsp3) is 0.462. The molecule has 0 aromatic heterocycles. The van der Waals surface area contributed by atoms with E-state index >= 15 is 0 Å². The smallest absolute Gasteiger partial charge is 0.221 e. The Hall–Kier alpha value is -1.22. The Kier molecular flexibility index (Phi) is 2.33. The maximum absolute atomic E-state index is 11.2. The zero-order valence-corrected chi connectivity index (χ0v) is 10.4. The highest BCUT2D eigenvalue weighted by molar-refractivity contribution is 6.30. The van der Waals surface area contributed by atoms with Gasteiger partial charge in [-0.2, -0.15) is 0 Å². The number of hydrogen-bond acceptors (Lipinski definition) is 2. The van der Waals surface area contributed by atoms with E-state index in [2.05, 4.69) is 17.9 Å². The van der Waals surface area contributed by atoms with Crippen molar-refractivity contribution in [1.82, 2.24) is 0 Å². The lowest BCUT2D eigenvalue weighted by Crippen LogP contribution is -2.34. The van der Waals surface area contributed by atoms with E-state index in [-0.39, 0.29) is 11.8 Å². The number of carbonyl (C=O) groups is 1. The lowest BCUT2D eigenvalue weighted by molar-refractivity contribution is -0.119. The van der Waals surface area contributed by atoms with Gasteiger partial charge < -0.3 is 10.6 Å². The lowest BCUT2D eigenvalue weighted by atomic mass is 10.1. The molecule has 2 aliphatic rings. The first-order valence-electron chi connectivity index (χ1n) is 5.91. The first-order chi connectivity index (χ1) is 8.09. The highest BCUT2D eigenvalue weighted by Gasteiger charge is 2.62. The molecule has 0 spiro atoms. The molecule has 1 amide bonds. The van der Waals surface area contributed by atoms with Gasteiger partial charge in [0.2, 0.25) is 5.91 Å². The number of piperidine rings is 1. The van der Waals surface area contributed by atoms with Gasteiger partial charge in [-0.25, -0.2) is 0 Å². The third-order valence-corrected chi connectivity index (χ3v) is 4.39. The summed E-state index contributed by atoms with van der Waals surface area (Å²) in [7, 11) is 0. The molecule has 1 heterocycles. The van der Waals surface area contributed by atoms with Crippen LogP contribution in [0.2, 0.25) is 5.02 Å². The summed E-state index contributed by atoms with van der Waals surface area (Å²) in [6.45, 7) is 3.08. The molecule has 2 unspecified atom stereocenters. The molecule has 4 atom stereocenters. The van der Waals surface area contributed by atoms with Crippen molar-refractivity contribution in [1.29, 1.82) is 0 Å². The van der Waals surface area contributed by atoms with Crippen LogP contribution >= 0.6 is 11.6 Å².